The number of hydrogen-bond donors (Lipinski definition) is 3. The number of halogens is 1. The highest BCUT2D eigenvalue weighted by molar-refractivity contribution is 9.10. The van der Waals surface area contributed by atoms with Gasteiger partial charge in [0.2, 0.25) is 5.95 Å². The maximum Gasteiger partial charge on any atom is 0.239 e. The molecule has 4 N–H and O–H groups in total. The molecular weight excluding hydrogens is 294 g/mol. The molecule has 1 aromatic heterocycles. The number of benzene rings is 1. The minimum absolute atomic E-state index is 0.367. The van der Waals surface area contributed by atoms with Gasteiger partial charge in [0, 0.05) is 11.9 Å². The number of nitrogen functional groups attached to an aromatic ring is 1. The Morgan fingerprint density at radius 2 is 2.06 bits per heavy atom. The Balaban J connectivity index is 2.36. The fraction of sp³-hybridized carbons (Fsp3) is 0.167. The van der Waals surface area contributed by atoms with Crippen LogP contribution in [0.1, 0.15) is 11.1 Å². The Labute approximate surface area is 114 Å². The number of hydrazine groups is 1. The smallest absolute Gasteiger partial charge is 0.239 e. The van der Waals surface area contributed by atoms with E-state index in [1.807, 2.05) is 13.8 Å². The highest BCUT2D eigenvalue weighted by atomic mass is 79.9. The maximum absolute atomic E-state index is 5.30. The average Bonchev–Trinajstić information content (AvgIpc) is 2.36. The van der Waals surface area contributed by atoms with Gasteiger partial charge in [0.05, 0.1) is 4.47 Å². The summed E-state index contributed by atoms with van der Waals surface area (Å²) >= 11 is 3.40. The SMILES string of the molecule is Cc1ccc(C)c(Nc2nc(NN)ncc2Br)c1. The zero-order valence-electron chi connectivity index (χ0n) is 10.2. The molecule has 1 heterocycles. The van der Waals surface area contributed by atoms with E-state index in [1.165, 1.54) is 5.56 Å². The Morgan fingerprint density at radius 3 is 2.78 bits per heavy atom. The molecule has 0 atom stereocenters. The molecule has 1 aromatic carbocycles. The fourth-order valence-electron chi connectivity index (χ4n) is 1.52. The van der Waals surface area contributed by atoms with Crippen LogP contribution >= 0.6 is 15.9 Å². The molecule has 0 radical (unpaired) electrons. The highest BCUT2D eigenvalue weighted by Gasteiger charge is 2.06. The van der Waals surface area contributed by atoms with Crippen molar-refractivity contribution in [1.29, 1.82) is 0 Å². The van der Waals surface area contributed by atoms with Gasteiger partial charge in [-0.1, -0.05) is 12.1 Å². The van der Waals surface area contributed by atoms with Crippen molar-refractivity contribution in [1.82, 2.24) is 9.97 Å². The van der Waals surface area contributed by atoms with Crippen LogP contribution in [-0.2, 0) is 0 Å². The fourth-order valence-corrected chi connectivity index (χ4v) is 1.81. The molecule has 0 fully saturated rings. The van der Waals surface area contributed by atoms with E-state index >= 15 is 0 Å². The predicted octanol–water partition coefficient (Wildman–Crippen LogP) is 2.89. The summed E-state index contributed by atoms with van der Waals surface area (Å²) in [5.41, 5.74) is 5.77. The van der Waals surface area contributed by atoms with Crippen LogP contribution < -0.4 is 16.6 Å². The van der Waals surface area contributed by atoms with Gasteiger partial charge in [-0.2, -0.15) is 4.98 Å². The van der Waals surface area contributed by atoms with Crippen molar-refractivity contribution in [2.75, 3.05) is 10.7 Å². The van der Waals surface area contributed by atoms with Crippen molar-refractivity contribution in [3.05, 3.63) is 40.0 Å². The first-order valence-electron chi connectivity index (χ1n) is 5.43. The van der Waals surface area contributed by atoms with Crippen LogP contribution in [0.15, 0.2) is 28.9 Å². The van der Waals surface area contributed by atoms with Gasteiger partial charge >= 0.3 is 0 Å². The van der Waals surface area contributed by atoms with Crippen molar-refractivity contribution in [3.63, 3.8) is 0 Å². The van der Waals surface area contributed by atoms with Crippen LogP contribution in [-0.4, -0.2) is 9.97 Å². The number of aryl methyl sites for hydroxylation is 2. The van der Waals surface area contributed by atoms with Crippen LogP contribution in [0.5, 0.6) is 0 Å². The quantitative estimate of drug-likeness (QED) is 0.600. The van der Waals surface area contributed by atoms with Crippen molar-refractivity contribution in [2.45, 2.75) is 13.8 Å². The molecule has 0 saturated carbocycles. The van der Waals surface area contributed by atoms with Crippen molar-refractivity contribution >= 4 is 33.4 Å². The first kappa shape index (κ1) is 12.8. The van der Waals surface area contributed by atoms with E-state index in [9.17, 15) is 0 Å². The van der Waals surface area contributed by atoms with Crippen molar-refractivity contribution < 1.29 is 0 Å². The monoisotopic (exact) mass is 307 g/mol. The van der Waals surface area contributed by atoms with Gasteiger partial charge in [-0.15, -0.1) is 0 Å². The van der Waals surface area contributed by atoms with E-state index in [2.05, 4.69) is 54.8 Å². The van der Waals surface area contributed by atoms with Gasteiger partial charge < -0.3 is 5.32 Å². The molecule has 94 valence electrons. The Kier molecular flexibility index (Phi) is 3.78. The van der Waals surface area contributed by atoms with Crippen molar-refractivity contribution in [2.24, 2.45) is 5.84 Å². The Morgan fingerprint density at radius 1 is 1.28 bits per heavy atom. The van der Waals surface area contributed by atoms with Crippen LogP contribution in [0.2, 0.25) is 0 Å². The highest BCUT2D eigenvalue weighted by Crippen LogP contribution is 2.26. The van der Waals surface area contributed by atoms with E-state index in [-0.39, 0.29) is 0 Å². The summed E-state index contributed by atoms with van der Waals surface area (Å²) in [7, 11) is 0. The second kappa shape index (κ2) is 5.32. The number of hydrogen-bond acceptors (Lipinski definition) is 5. The summed E-state index contributed by atoms with van der Waals surface area (Å²) in [6, 6.07) is 6.21. The van der Waals surface area contributed by atoms with E-state index in [0.29, 0.717) is 11.8 Å². The molecule has 0 bridgehead atoms. The second-order valence-corrected chi connectivity index (χ2v) is 4.83. The first-order chi connectivity index (χ1) is 8.60. The molecule has 0 unspecified atom stereocenters. The van der Waals surface area contributed by atoms with E-state index in [4.69, 9.17) is 5.84 Å². The second-order valence-electron chi connectivity index (χ2n) is 3.98. The van der Waals surface area contributed by atoms with Gasteiger partial charge in [-0.3, -0.25) is 5.43 Å². The van der Waals surface area contributed by atoms with Crippen molar-refractivity contribution in [3.8, 4) is 0 Å². The molecule has 5 nitrogen and oxygen atoms in total. The van der Waals surface area contributed by atoms with Gasteiger partial charge in [0.1, 0.15) is 5.82 Å². The molecule has 0 aliphatic carbocycles. The number of aromatic nitrogens is 2. The van der Waals surface area contributed by atoms with Crippen LogP contribution in [0, 0.1) is 13.8 Å². The van der Waals surface area contributed by atoms with E-state index in [0.717, 1.165) is 15.7 Å². The zero-order valence-corrected chi connectivity index (χ0v) is 11.7. The Hall–Kier alpha value is -1.66. The Bertz CT molecular complexity index is 570. The summed E-state index contributed by atoms with van der Waals surface area (Å²) in [6.07, 6.45) is 1.65. The lowest BCUT2D eigenvalue weighted by Gasteiger charge is -2.11. The molecule has 2 aromatic rings. The number of nitrogens with zero attached hydrogens (tertiary/aromatic N) is 2. The minimum atomic E-state index is 0.367. The summed E-state index contributed by atoms with van der Waals surface area (Å²) in [4.78, 5) is 8.26. The summed E-state index contributed by atoms with van der Waals surface area (Å²) in [5.74, 6) is 6.34. The third-order valence-electron chi connectivity index (χ3n) is 2.52. The van der Waals surface area contributed by atoms with Gasteiger partial charge in [0.15, 0.2) is 0 Å². The van der Waals surface area contributed by atoms with Gasteiger partial charge in [-0.05, 0) is 47.0 Å². The molecule has 0 aliphatic rings. The van der Waals surface area contributed by atoms with Gasteiger partial charge in [0.25, 0.3) is 0 Å². The molecule has 0 amide bonds. The standard InChI is InChI=1S/C12H14BrN5/c1-7-3-4-8(2)10(5-7)16-11-9(13)6-15-12(17-11)18-14/h3-6H,14H2,1-2H3,(H2,15,16,17,18). The maximum atomic E-state index is 5.30. The first-order valence-corrected chi connectivity index (χ1v) is 6.23. The average molecular weight is 308 g/mol. The van der Waals surface area contributed by atoms with Gasteiger partial charge in [-0.25, -0.2) is 10.8 Å². The molecule has 18 heavy (non-hydrogen) atoms. The summed E-state index contributed by atoms with van der Waals surface area (Å²) < 4.78 is 0.780. The number of nitrogens with two attached hydrogens (primary N) is 1. The number of anilines is 3. The number of nitrogens with one attached hydrogen (secondary N) is 2. The third kappa shape index (κ3) is 2.77. The van der Waals surface area contributed by atoms with Crippen LogP contribution in [0.4, 0.5) is 17.5 Å². The van der Waals surface area contributed by atoms with E-state index in [1.54, 1.807) is 6.20 Å². The largest absolute Gasteiger partial charge is 0.339 e. The third-order valence-corrected chi connectivity index (χ3v) is 3.10. The minimum Gasteiger partial charge on any atom is -0.339 e. The molecule has 6 heteroatoms. The van der Waals surface area contributed by atoms with E-state index < -0.39 is 0 Å². The predicted molar refractivity (Wildman–Crippen MR) is 76.7 cm³/mol. The lowest BCUT2D eigenvalue weighted by atomic mass is 10.1. The molecule has 0 spiro atoms. The summed E-state index contributed by atoms with van der Waals surface area (Å²) in [5, 5.41) is 3.26. The topological polar surface area (TPSA) is 75.9 Å². The summed E-state index contributed by atoms with van der Waals surface area (Å²) in [6.45, 7) is 4.09. The molecule has 0 aliphatic heterocycles. The normalized spacial score (nSPS) is 10.2. The molecular formula is C12H14BrN5. The molecule has 2 rings (SSSR count). The van der Waals surface area contributed by atoms with Crippen LogP contribution in [0.3, 0.4) is 0 Å². The molecule has 0 saturated heterocycles. The van der Waals surface area contributed by atoms with Crippen LogP contribution in [0.25, 0.3) is 0 Å². The number of rotatable bonds is 3. The lowest BCUT2D eigenvalue weighted by Crippen LogP contribution is -2.11. The lowest BCUT2D eigenvalue weighted by molar-refractivity contribution is 1.11. The zero-order chi connectivity index (χ0) is 13.1.